The van der Waals surface area contributed by atoms with E-state index < -0.39 is 0 Å². The molecule has 24 heavy (non-hydrogen) atoms. The predicted molar refractivity (Wildman–Crippen MR) is 90.1 cm³/mol. The third-order valence-corrected chi connectivity index (χ3v) is 3.92. The highest BCUT2D eigenvalue weighted by molar-refractivity contribution is 5.95. The molecule has 1 aliphatic rings. The normalized spacial score (nSPS) is 19.9. The first kappa shape index (κ1) is 16.4. The molecule has 1 fully saturated rings. The maximum absolute atomic E-state index is 12.9. The van der Waals surface area contributed by atoms with E-state index in [2.05, 4.69) is 16.2 Å². The zero-order valence-corrected chi connectivity index (χ0v) is 13.4. The molecule has 0 radical (unpaired) electrons. The number of carbonyl (C=O) groups excluding carboxylic acids is 1. The van der Waals surface area contributed by atoms with Crippen molar-refractivity contribution in [3.05, 3.63) is 59.9 Å². The Hall–Kier alpha value is -2.44. The van der Waals surface area contributed by atoms with Gasteiger partial charge in [0.1, 0.15) is 17.6 Å². The first-order valence-electron chi connectivity index (χ1n) is 7.96. The average Bonchev–Trinajstić information content (AvgIpc) is 3.08. The molecule has 3 N–H and O–H groups in total. The fraction of sp³-hybridized carbons (Fsp3) is 0.278. The Bertz CT molecular complexity index is 688. The number of hydrogen-bond acceptors (Lipinski definition) is 4. The van der Waals surface area contributed by atoms with Gasteiger partial charge in [0.25, 0.3) is 0 Å². The molecule has 126 valence electrons. The molecule has 5 nitrogen and oxygen atoms in total. The molecule has 1 saturated heterocycles. The molecule has 2 aromatic rings. The smallest absolute Gasteiger partial charge is 0.242 e. The Labute approximate surface area is 140 Å². The van der Waals surface area contributed by atoms with Gasteiger partial charge < -0.3 is 10.1 Å². The van der Waals surface area contributed by atoms with E-state index in [9.17, 15) is 9.18 Å². The van der Waals surface area contributed by atoms with Gasteiger partial charge in [0.15, 0.2) is 0 Å². The molecule has 0 aliphatic carbocycles. The summed E-state index contributed by atoms with van der Waals surface area (Å²) < 4.78 is 18.3. The van der Waals surface area contributed by atoms with Crippen LogP contribution in [-0.4, -0.2) is 18.6 Å². The highest BCUT2D eigenvalue weighted by Gasteiger charge is 2.30. The Morgan fingerprint density at radius 2 is 1.88 bits per heavy atom. The average molecular weight is 329 g/mol. The minimum atomic E-state index is -0.355. The number of benzene rings is 2. The van der Waals surface area contributed by atoms with Gasteiger partial charge in [-0.25, -0.2) is 15.2 Å². The standard InChI is InChI=1S/C18H20FN3O2/c1-2-24-15-9-3-12(4-10-15)16-11-17(22-21-16)18(23)20-14-7-5-13(19)6-8-14/h3-10,16-17,21-22H,2,11H2,1H3,(H,20,23). The van der Waals surface area contributed by atoms with E-state index in [-0.39, 0.29) is 23.8 Å². The summed E-state index contributed by atoms with van der Waals surface area (Å²) in [5.74, 6) is 0.351. The summed E-state index contributed by atoms with van der Waals surface area (Å²) in [5.41, 5.74) is 7.81. The van der Waals surface area contributed by atoms with Gasteiger partial charge in [-0.3, -0.25) is 4.79 Å². The number of amides is 1. The summed E-state index contributed by atoms with van der Waals surface area (Å²) in [5, 5.41) is 2.78. The second kappa shape index (κ2) is 7.42. The monoisotopic (exact) mass is 329 g/mol. The van der Waals surface area contributed by atoms with Crippen molar-refractivity contribution in [3.63, 3.8) is 0 Å². The lowest BCUT2D eigenvalue weighted by atomic mass is 10.0. The van der Waals surface area contributed by atoms with Gasteiger partial charge >= 0.3 is 0 Å². The first-order chi connectivity index (χ1) is 11.7. The molecule has 6 heteroatoms. The number of rotatable bonds is 5. The van der Waals surface area contributed by atoms with Crippen LogP contribution < -0.4 is 20.9 Å². The van der Waals surface area contributed by atoms with Crippen molar-refractivity contribution in [2.24, 2.45) is 0 Å². The molecule has 0 bridgehead atoms. The van der Waals surface area contributed by atoms with Gasteiger partial charge in [0.05, 0.1) is 6.61 Å². The van der Waals surface area contributed by atoms with E-state index in [0.717, 1.165) is 11.3 Å². The molecule has 2 aromatic carbocycles. The molecule has 0 aromatic heterocycles. The molecule has 1 aliphatic heterocycles. The lowest BCUT2D eigenvalue weighted by molar-refractivity contribution is -0.117. The maximum Gasteiger partial charge on any atom is 0.242 e. The number of carbonyl (C=O) groups is 1. The van der Waals surface area contributed by atoms with E-state index in [4.69, 9.17) is 4.74 Å². The Balaban J connectivity index is 1.58. The molecule has 0 spiro atoms. The lowest BCUT2D eigenvalue weighted by Crippen LogP contribution is -2.39. The second-order valence-electron chi connectivity index (χ2n) is 5.63. The summed E-state index contributed by atoms with van der Waals surface area (Å²) in [4.78, 5) is 12.3. The van der Waals surface area contributed by atoms with Crippen LogP contribution in [0.2, 0.25) is 0 Å². The fourth-order valence-electron chi connectivity index (χ4n) is 2.67. The quantitative estimate of drug-likeness (QED) is 0.789. The first-order valence-corrected chi connectivity index (χ1v) is 7.96. The van der Waals surface area contributed by atoms with Crippen molar-refractivity contribution in [1.29, 1.82) is 0 Å². The third kappa shape index (κ3) is 3.90. The zero-order chi connectivity index (χ0) is 16.9. The molecule has 2 atom stereocenters. The van der Waals surface area contributed by atoms with Crippen LogP contribution in [0.3, 0.4) is 0 Å². The number of nitrogens with one attached hydrogen (secondary N) is 3. The Kier molecular flexibility index (Phi) is 5.08. The van der Waals surface area contributed by atoms with Crippen LogP contribution in [-0.2, 0) is 4.79 Å². The van der Waals surface area contributed by atoms with E-state index in [1.807, 2.05) is 31.2 Å². The van der Waals surface area contributed by atoms with Gasteiger partial charge in [0.2, 0.25) is 5.91 Å². The number of ether oxygens (including phenoxy) is 1. The molecular formula is C18H20FN3O2. The van der Waals surface area contributed by atoms with Gasteiger partial charge in [-0.05, 0) is 55.3 Å². The molecule has 1 heterocycles. The van der Waals surface area contributed by atoms with E-state index in [0.29, 0.717) is 18.7 Å². The summed E-state index contributed by atoms with van der Waals surface area (Å²) >= 11 is 0. The van der Waals surface area contributed by atoms with Crippen LogP contribution >= 0.6 is 0 Å². The maximum atomic E-state index is 12.9. The summed E-state index contributed by atoms with van der Waals surface area (Å²) in [6.07, 6.45) is 0.626. The highest BCUT2D eigenvalue weighted by atomic mass is 19.1. The van der Waals surface area contributed by atoms with E-state index >= 15 is 0 Å². The van der Waals surface area contributed by atoms with Gasteiger partial charge in [-0.15, -0.1) is 0 Å². The Morgan fingerprint density at radius 1 is 1.17 bits per heavy atom. The molecular weight excluding hydrogens is 309 g/mol. The number of halogens is 1. The number of anilines is 1. The summed E-state index contributed by atoms with van der Waals surface area (Å²) in [7, 11) is 0. The summed E-state index contributed by atoms with van der Waals surface area (Å²) in [6.45, 7) is 2.58. The van der Waals surface area contributed by atoms with Crippen LogP contribution in [0.15, 0.2) is 48.5 Å². The highest BCUT2D eigenvalue weighted by Crippen LogP contribution is 2.25. The van der Waals surface area contributed by atoms with Crippen molar-refractivity contribution in [1.82, 2.24) is 10.9 Å². The van der Waals surface area contributed by atoms with Crippen molar-refractivity contribution in [3.8, 4) is 5.75 Å². The molecule has 1 amide bonds. The second-order valence-corrected chi connectivity index (χ2v) is 5.63. The van der Waals surface area contributed by atoms with Crippen LogP contribution in [0.25, 0.3) is 0 Å². The van der Waals surface area contributed by atoms with Crippen LogP contribution in [0.1, 0.15) is 24.9 Å². The minimum Gasteiger partial charge on any atom is -0.494 e. The van der Waals surface area contributed by atoms with Gasteiger partial charge in [-0.2, -0.15) is 0 Å². The van der Waals surface area contributed by atoms with E-state index in [1.54, 1.807) is 12.1 Å². The predicted octanol–water partition coefficient (Wildman–Crippen LogP) is 2.77. The van der Waals surface area contributed by atoms with Crippen molar-refractivity contribution in [2.75, 3.05) is 11.9 Å². The van der Waals surface area contributed by atoms with Crippen LogP contribution in [0.4, 0.5) is 10.1 Å². The van der Waals surface area contributed by atoms with Crippen LogP contribution in [0.5, 0.6) is 5.75 Å². The molecule has 2 unspecified atom stereocenters. The van der Waals surface area contributed by atoms with Crippen LogP contribution in [0, 0.1) is 5.82 Å². The lowest BCUT2D eigenvalue weighted by Gasteiger charge is -2.11. The SMILES string of the molecule is CCOc1ccc(C2CC(C(=O)Nc3ccc(F)cc3)NN2)cc1. The third-order valence-electron chi connectivity index (χ3n) is 3.92. The van der Waals surface area contributed by atoms with E-state index in [1.165, 1.54) is 12.1 Å². The fourth-order valence-corrected chi connectivity index (χ4v) is 2.67. The van der Waals surface area contributed by atoms with Gasteiger partial charge in [-0.1, -0.05) is 12.1 Å². The molecule has 0 saturated carbocycles. The zero-order valence-electron chi connectivity index (χ0n) is 13.4. The Morgan fingerprint density at radius 3 is 2.54 bits per heavy atom. The van der Waals surface area contributed by atoms with Gasteiger partial charge in [0, 0.05) is 11.7 Å². The molecule has 3 rings (SSSR count). The minimum absolute atomic E-state index is 0.0460. The number of hydrogen-bond donors (Lipinski definition) is 3. The summed E-state index contributed by atoms with van der Waals surface area (Å²) in [6, 6.07) is 13.2. The van der Waals surface area contributed by atoms with Crippen molar-refractivity contribution >= 4 is 11.6 Å². The largest absolute Gasteiger partial charge is 0.494 e. The van der Waals surface area contributed by atoms with Crippen molar-refractivity contribution < 1.29 is 13.9 Å². The van der Waals surface area contributed by atoms with Crippen molar-refractivity contribution in [2.45, 2.75) is 25.4 Å². The number of hydrazine groups is 1. The topological polar surface area (TPSA) is 62.4 Å².